The lowest BCUT2D eigenvalue weighted by molar-refractivity contribution is -0.141. The van der Waals surface area contributed by atoms with Crippen molar-refractivity contribution in [1.82, 2.24) is 0 Å². The summed E-state index contributed by atoms with van der Waals surface area (Å²) in [6.07, 6.45) is 0.693. The van der Waals surface area contributed by atoms with Gasteiger partial charge in [0.05, 0.1) is 5.92 Å². The Hall–Kier alpha value is -1.65. The van der Waals surface area contributed by atoms with E-state index in [1.165, 1.54) is 13.8 Å². The number of carbonyl (C=O) groups excluding carboxylic acids is 1. The molecule has 0 amide bonds. The molecule has 1 atom stereocenters. The van der Waals surface area contributed by atoms with E-state index in [0.29, 0.717) is 0 Å². The molecule has 0 aliphatic carbocycles. The second-order valence-corrected chi connectivity index (χ2v) is 3.01. The fraction of sp³-hybridized carbons (Fsp3) is 0.444. The highest BCUT2D eigenvalue weighted by Gasteiger charge is 2.16. The minimum absolute atomic E-state index is 0.0207. The predicted molar refractivity (Wildman–Crippen MR) is 47.8 cm³/mol. The van der Waals surface area contributed by atoms with Gasteiger partial charge in [0.1, 0.15) is 0 Å². The van der Waals surface area contributed by atoms with Gasteiger partial charge in [-0.2, -0.15) is 0 Å². The zero-order valence-electron chi connectivity index (χ0n) is 7.98. The first-order valence-corrected chi connectivity index (χ1v) is 4.01. The average molecular weight is 200 g/mol. The molecule has 5 heteroatoms. The van der Waals surface area contributed by atoms with E-state index in [0.717, 1.165) is 6.08 Å². The Morgan fingerprint density at radius 2 is 1.79 bits per heavy atom. The van der Waals surface area contributed by atoms with Crippen molar-refractivity contribution in [2.24, 2.45) is 5.92 Å². The molecular weight excluding hydrogens is 188 g/mol. The molecule has 0 saturated carbocycles. The molecule has 0 heterocycles. The van der Waals surface area contributed by atoms with Crippen LogP contribution in [0.3, 0.4) is 0 Å². The standard InChI is InChI=1S/C9H12O5/c1-5(9(13)14)3-7(6(2)10)4-8(11)12/h4-5H,3H2,1-2H3,(H,11,12)(H,13,14)/b7-4-. The van der Waals surface area contributed by atoms with E-state index < -0.39 is 23.6 Å². The van der Waals surface area contributed by atoms with Crippen LogP contribution in [0.15, 0.2) is 11.6 Å². The van der Waals surface area contributed by atoms with Crippen LogP contribution in [-0.4, -0.2) is 27.9 Å². The number of aliphatic carboxylic acids is 2. The Labute approximate surface area is 81.0 Å². The maximum atomic E-state index is 10.9. The number of allylic oxidation sites excluding steroid dienone is 1. The van der Waals surface area contributed by atoms with Gasteiger partial charge in [0.15, 0.2) is 5.78 Å². The molecule has 0 fully saturated rings. The maximum Gasteiger partial charge on any atom is 0.328 e. The minimum Gasteiger partial charge on any atom is -0.481 e. The average Bonchev–Trinajstić information content (AvgIpc) is 2.01. The summed E-state index contributed by atoms with van der Waals surface area (Å²) < 4.78 is 0. The van der Waals surface area contributed by atoms with Gasteiger partial charge in [-0.05, 0) is 13.3 Å². The summed E-state index contributed by atoms with van der Waals surface area (Å²) in [7, 11) is 0. The number of rotatable bonds is 5. The van der Waals surface area contributed by atoms with Crippen molar-refractivity contribution in [3.05, 3.63) is 11.6 Å². The fourth-order valence-electron chi connectivity index (χ4n) is 0.871. The summed E-state index contributed by atoms with van der Waals surface area (Å²) in [5, 5.41) is 17.0. The van der Waals surface area contributed by atoms with Gasteiger partial charge < -0.3 is 10.2 Å². The second kappa shape index (κ2) is 5.16. The quantitative estimate of drug-likeness (QED) is 0.637. The summed E-state index contributed by atoms with van der Waals surface area (Å²) in [6.45, 7) is 2.63. The molecule has 0 aliphatic rings. The normalized spacial score (nSPS) is 13.4. The number of hydrogen-bond acceptors (Lipinski definition) is 3. The molecule has 0 radical (unpaired) electrons. The fourth-order valence-corrected chi connectivity index (χ4v) is 0.871. The van der Waals surface area contributed by atoms with Crippen molar-refractivity contribution >= 4 is 17.7 Å². The van der Waals surface area contributed by atoms with Crippen LogP contribution in [0.25, 0.3) is 0 Å². The van der Waals surface area contributed by atoms with Crippen LogP contribution in [-0.2, 0) is 14.4 Å². The van der Waals surface area contributed by atoms with Gasteiger partial charge in [0.25, 0.3) is 0 Å². The molecule has 0 rings (SSSR count). The van der Waals surface area contributed by atoms with E-state index in [1.807, 2.05) is 0 Å². The lowest BCUT2D eigenvalue weighted by Crippen LogP contribution is -2.13. The molecule has 0 saturated heterocycles. The van der Waals surface area contributed by atoms with Gasteiger partial charge in [-0.1, -0.05) is 6.92 Å². The minimum atomic E-state index is -1.24. The Morgan fingerprint density at radius 3 is 2.07 bits per heavy atom. The molecule has 0 aromatic heterocycles. The number of carbonyl (C=O) groups is 3. The molecule has 0 spiro atoms. The Bertz CT molecular complexity index is 290. The molecule has 0 aliphatic heterocycles. The third-order valence-corrected chi connectivity index (χ3v) is 1.70. The molecule has 5 nitrogen and oxygen atoms in total. The highest BCUT2D eigenvalue weighted by molar-refractivity contribution is 5.99. The van der Waals surface area contributed by atoms with Gasteiger partial charge in [-0.15, -0.1) is 0 Å². The van der Waals surface area contributed by atoms with Crippen LogP contribution < -0.4 is 0 Å². The Balaban J connectivity index is 4.63. The van der Waals surface area contributed by atoms with Gasteiger partial charge in [0.2, 0.25) is 0 Å². The number of carboxylic acids is 2. The zero-order chi connectivity index (χ0) is 11.3. The van der Waals surface area contributed by atoms with Crippen molar-refractivity contribution in [3.8, 4) is 0 Å². The van der Waals surface area contributed by atoms with Gasteiger partial charge in [-0.3, -0.25) is 9.59 Å². The van der Waals surface area contributed by atoms with Gasteiger partial charge in [-0.25, -0.2) is 4.79 Å². The Morgan fingerprint density at radius 1 is 1.29 bits per heavy atom. The van der Waals surface area contributed by atoms with Crippen LogP contribution >= 0.6 is 0 Å². The lowest BCUT2D eigenvalue weighted by Gasteiger charge is -2.06. The van der Waals surface area contributed by atoms with Crippen molar-refractivity contribution in [2.75, 3.05) is 0 Å². The van der Waals surface area contributed by atoms with Crippen LogP contribution in [0, 0.1) is 5.92 Å². The maximum absolute atomic E-state index is 10.9. The van der Waals surface area contributed by atoms with Crippen LogP contribution in [0.4, 0.5) is 0 Å². The first kappa shape index (κ1) is 12.3. The molecule has 1 unspecified atom stereocenters. The summed E-state index contributed by atoms with van der Waals surface area (Å²) in [5.74, 6) is -3.47. The second-order valence-electron chi connectivity index (χ2n) is 3.01. The molecule has 0 aromatic carbocycles. The van der Waals surface area contributed by atoms with Crippen molar-refractivity contribution in [1.29, 1.82) is 0 Å². The van der Waals surface area contributed by atoms with E-state index in [4.69, 9.17) is 10.2 Å². The van der Waals surface area contributed by atoms with E-state index in [1.54, 1.807) is 0 Å². The summed E-state index contributed by atoms with van der Waals surface area (Å²) in [4.78, 5) is 31.7. The first-order valence-electron chi connectivity index (χ1n) is 4.01. The highest BCUT2D eigenvalue weighted by Crippen LogP contribution is 2.12. The van der Waals surface area contributed by atoms with Crippen molar-refractivity contribution < 1.29 is 24.6 Å². The summed E-state index contributed by atoms with van der Waals surface area (Å²) in [6, 6.07) is 0. The number of Topliss-reactive ketones (excluding diaryl/α,β-unsaturated/α-hetero) is 1. The summed E-state index contributed by atoms with van der Waals surface area (Å²) >= 11 is 0. The smallest absolute Gasteiger partial charge is 0.328 e. The topological polar surface area (TPSA) is 91.7 Å². The summed E-state index contributed by atoms with van der Waals surface area (Å²) in [5.41, 5.74) is 0.0207. The van der Waals surface area contributed by atoms with E-state index >= 15 is 0 Å². The third-order valence-electron chi connectivity index (χ3n) is 1.70. The molecular formula is C9H12O5. The lowest BCUT2D eigenvalue weighted by atomic mass is 9.98. The van der Waals surface area contributed by atoms with Crippen LogP contribution in [0.1, 0.15) is 20.3 Å². The first-order chi connectivity index (χ1) is 6.34. The number of hydrogen-bond donors (Lipinski definition) is 2. The van der Waals surface area contributed by atoms with E-state index in [-0.39, 0.29) is 12.0 Å². The van der Waals surface area contributed by atoms with E-state index in [2.05, 4.69) is 0 Å². The zero-order valence-corrected chi connectivity index (χ0v) is 7.98. The van der Waals surface area contributed by atoms with Crippen molar-refractivity contribution in [2.45, 2.75) is 20.3 Å². The largest absolute Gasteiger partial charge is 0.481 e. The molecule has 2 N–H and O–H groups in total. The monoisotopic (exact) mass is 200 g/mol. The SMILES string of the molecule is CC(=O)/C(=C\C(=O)O)CC(C)C(=O)O. The molecule has 0 bridgehead atoms. The number of carboxylic acid groups (broad SMARTS) is 2. The van der Waals surface area contributed by atoms with Gasteiger partial charge >= 0.3 is 11.9 Å². The third kappa shape index (κ3) is 4.39. The molecule has 14 heavy (non-hydrogen) atoms. The van der Waals surface area contributed by atoms with Crippen LogP contribution in [0.2, 0.25) is 0 Å². The van der Waals surface area contributed by atoms with Crippen LogP contribution in [0.5, 0.6) is 0 Å². The van der Waals surface area contributed by atoms with E-state index in [9.17, 15) is 14.4 Å². The predicted octanol–water partition coefficient (Wildman–Crippen LogP) is 0.697. The Kier molecular flexibility index (Phi) is 4.55. The van der Waals surface area contributed by atoms with Gasteiger partial charge in [0, 0.05) is 11.6 Å². The number of ketones is 1. The molecule has 78 valence electrons. The molecule has 0 aromatic rings. The highest BCUT2D eigenvalue weighted by atomic mass is 16.4. The van der Waals surface area contributed by atoms with Crippen molar-refractivity contribution in [3.63, 3.8) is 0 Å².